The van der Waals surface area contributed by atoms with Crippen molar-refractivity contribution >= 4 is 21.9 Å². The maximum Gasteiger partial charge on any atom is 0.303 e. The first-order valence-electron chi connectivity index (χ1n) is 4.04. The molecule has 0 fully saturated rings. The molecule has 3 nitrogen and oxygen atoms in total. The monoisotopic (exact) mass is 253 g/mol. The van der Waals surface area contributed by atoms with Gasteiger partial charge in [-0.3, -0.25) is 4.79 Å². The second-order valence-corrected chi connectivity index (χ2v) is 3.67. The molecule has 0 saturated heterocycles. The Hall–Kier alpha value is -1.34. The van der Waals surface area contributed by atoms with E-state index in [4.69, 9.17) is 10.4 Å². The number of nitriles is 1. The summed E-state index contributed by atoms with van der Waals surface area (Å²) in [5, 5.41) is 17.2. The van der Waals surface area contributed by atoms with Gasteiger partial charge < -0.3 is 5.11 Å². The lowest BCUT2D eigenvalue weighted by atomic mass is 10.1. The van der Waals surface area contributed by atoms with Crippen LogP contribution < -0.4 is 0 Å². The summed E-state index contributed by atoms with van der Waals surface area (Å²) >= 11 is 3.31. The lowest BCUT2D eigenvalue weighted by molar-refractivity contribution is -0.136. The summed E-state index contributed by atoms with van der Waals surface area (Å²) in [7, 11) is 0. The molecule has 1 N–H and O–H groups in total. The summed E-state index contributed by atoms with van der Waals surface area (Å²) in [6.45, 7) is 0. The van der Waals surface area contributed by atoms with Crippen molar-refractivity contribution in [2.75, 3.05) is 0 Å². The van der Waals surface area contributed by atoms with Gasteiger partial charge in [0, 0.05) is 10.9 Å². The smallest absolute Gasteiger partial charge is 0.303 e. The van der Waals surface area contributed by atoms with Crippen LogP contribution in [-0.2, 0) is 11.2 Å². The number of halogens is 1. The number of benzene rings is 1. The number of carboxylic acids is 1. The maximum atomic E-state index is 10.4. The molecule has 0 radical (unpaired) electrons. The molecule has 0 aliphatic carbocycles. The van der Waals surface area contributed by atoms with Crippen LogP contribution in [0.15, 0.2) is 22.7 Å². The van der Waals surface area contributed by atoms with Gasteiger partial charge in [-0.1, -0.05) is 15.9 Å². The number of hydrogen-bond acceptors (Lipinski definition) is 2. The summed E-state index contributed by atoms with van der Waals surface area (Å²) in [6, 6.07) is 7.16. The number of rotatable bonds is 3. The molecule has 1 aromatic carbocycles. The fraction of sp³-hybridized carbons (Fsp3) is 0.200. The fourth-order valence-electron chi connectivity index (χ4n) is 1.08. The number of nitrogens with zero attached hydrogens (tertiary/aromatic N) is 1. The molecule has 0 atom stereocenters. The molecule has 14 heavy (non-hydrogen) atoms. The van der Waals surface area contributed by atoms with Crippen LogP contribution in [0.1, 0.15) is 17.5 Å². The fourth-order valence-corrected chi connectivity index (χ4v) is 1.52. The van der Waals surface area contributed by atoms with Crippen molar-refractivity contribution in [3.63, 3.8) is 0 Å². The molecule has 0 heterocycles. The molecule has 4 heteroatoms. The average molecular weight is 254 g/mol. The zero-order chi connectivity index (χ0) is 10.6. The van der Waals surface area contributed by atoms with Crippen molar-refractivity contribution in [3.05, 3.63) is 33.8 Å². The second kappa shape index (κ2) is 4.77. The molecule has 0 aliphatic heterocycles. The zero-order valence-electron chi connectivity index (χ0n) is 7.33. The van der Waals surface area contributed by atoms with Crippen molar-refractivity contribution in [2.24, 2.45) is 0 Å². The molecule has 0 bridgehead atoms. The lowest BCUT2D eigenvalue weighted by Crippen LogP contribution is -1.98. The van der Waals surface area contributed by atoms with Crippen LogP contribution in [0.25, 0.3) is 0 Å². The van der Waals surface area contributed by atoms with E-state index in [1.807, 2.05) is 6.07 Å². The van der Waals surface area contributed by atoms with Gasteiger partial charge in [-0.25, -0.2) is 0 Å². The van der Waals surface area contributed by atoms with E-state index in [0.717, 1.165) is 10.0 Å². The highest BCUT2D eigenvalue weighted by molar-refractivity contribution is 9.10. The van der Waals surface area contributed by atoms with Crippen molar-refractivity contribution in [1.82, 2.24) is 0 Å². The summed E-state index contributed by atoms with van der Waals surface area (Å²) in [6.07, 6.45) is 0.513. The van der Waals surface area contributed by atoms with Crippen molar-refractivity contribution in [2.45, 2.75) is 12.8 Å². The van der Waals surface area contributed by atoms with E-state index >= 15 is 0 Å². The van der Waals surface area contributed by atoms with Gasteiger partial charge in [-0.05, 0) is 30.2 Å². The van der Waals surface area contributed by atoms with E-state index in [-0.39, 0.29) is 6.42 Å². The van der Waals surface area contributed by atoms with Crippen molar-refractivity contribution in [3.8, 4) is 6.07 Å². The molecule has 0 unspecified atom stereocenters. The van der Waals surface area contributed by atoms with Gasteiger partial charge in [0.2, 0.25) is 0 Å². The van der Waals surface area contributed by atoms with E-state index in [1.54, 1.807) is 18.2 Å². The third kappa shape index (κ3) is 2.86. The quantitative estimate of drug-likeness (QED) is 0.900. The van der Waals surface area contributed by atoms with Gasteiger partial charge in [-0.15, -0.1) is 0 Å². The Balaban J connectivity index is 2.85. The van der Waals surface area contributed by atoms with Crippen LogP contribution in [0.5, 0.6) is 0 Å². The third-order valence-corrected chi connectivity index (χ3v) is 2.56. The lowest BCUT2D eigenvalue weighted by Gasteiger charge is -2.02. The van der Waals surface area contributed by atoms with Gasteiger partial charge in [0.15, 0.2) is 0 Å². The largest absolute Gasteiger partial charge is 0.481 e. The zero-order valence-corrected chi connectivity index (χ0v) is 8.91. The topological polar surface area (TPSA) is 61.1 Å². The minimum Gasteiger partial charge on any atom is -0.481 e. The van der Waals surface area contributed by atoms with E-state index in [0.29, 0.717) is 12.0 Å². The number of aliphatic carboxylic acids is 1. The third-order valence-electron chi connectivity index (χ3n) is 1.78. The predicted molar refractivity (Wildman–Crippen MR) is 54.8 cm³/mol. The molecule has 72 valence electrons. The Labute approximate surface area is 90.1 Å². The Bertz CT molecular complexity index is 396. The highest BCUT2D eigenvalue weighted by Gasteiger charge is 2.04. The molecule has 0 spiro atoms. The van der Waals surface area contributed by atoms with E-state index < -0.39 is 5.97 Å². The molecule has 0 aromatic heterocycles. The van der Waals surface area contributed by atoms with E-state index in [1.165, 1.54) is 0 Å². The first kappa shape index (κ1) is 10.7. The molecular weight excluding hydrogens is 246 g/mol. The summed E-state index contributed by atoms with van der Waals surface area (Å²) in [4.78, 5) is 10.4. The van der Waals surface area contributed by atoms with Crippen molar-refractivity contribution in [1.29, 1.82) is 5.26 Å². The normalized spacial score (nSPS) is 9.43. The first-order chi connectivity index (χ1) is 6.63. The minimum atomic E-state index is -0.834. The molecule has 1 rings (SSSR count). The second-order valence-electron chi connectivity index (χ2n) is 2.81. The van der Waals surface area contributed by atoms with Crippen LogP contribution in [0.2, 0.25) is 0 Å². The van der Waals surface area contributed by atoms with E-state index in [2.05, 4.69) is 15.9 Å². The Morgan fingerprint density at radius 3 is 2.86 bits per heavy atom. The number of carbonyl (C=O) groups is 1. The average Bonchev–Trinajstić information content (AvgIpc) is 2.16. The summed E-state index contributed by atoms with van der Waals surface area (Å²) < 4.78 is 0.845. The van der Waals surface area contributed by atoms with Gasteiger partial charge in [0.25, 0.3) is 0 Å². The van der Waals surface area contributed by atoms with Crippen LogP contribution in [0.4, 0.5) is 0 Å². The Morgan fingerprint density at radius 2 is 2.29 bits per heavy atom. The minimum absolute atomic E-state index is 0.0769. The van der Waals surface area contributed by atoms with Crippen LogP contribution in [0, 0.1) is 11.3 Å². The number of carboxylic acid groups (broad SMARTS) is 1. The molecule has 0 saturated carbocycles. The van der Waals surface area contributed by atoms with E-state index in [9.17, 15) is 4.79 Å². The van der Waals surface area contributed by atoms with Gasteiger partial charge >= 0.3 is 5.97 Å². The molecule has 0 aliphatic rings. The van der Waals surface area contributed by atoms with Crippen molar-refractivity contribution < 1.29 is 9.90 Å². The van der Waals surface area contributed by atoms with Crippen LogP contribution in [0.3, 0.4) is 0 Å². The standard InChI is InChI=1S/C10H8BrNO2/c11-9-3-1-7(6-12)5-8(9)2-4-10(13)14/h1,3,5H,2,4H2,(H,13,14). The summed E-state index contributed by atoms with van der Waals surface area (Å²) in [5.74, 6) is -0.834. The molecule has 0 amide bonds. The highest BCUT2D eigenvalue weighted by Crippen LogP contribution is 2.19. The Morgan fingerprint density at radius 1 is 1.57 bits per heavy atom. The summed E-state index contributed by atoms with van der Waals surface area (Å²) in [5.41, 5.74) is 1.40. The van der Waals surface area contributed by atoms with Crippen LogP contribution in [-0.4, -0.2) is 11.1 Å². The number of hydrogen-bond donors (Lipinski definition) is 1. The molecule has 1 aromatic rings. The van der Waals surface area contributed by atoms with Gasteiger partial charge in [-0.2, -0.15) is 5.26 Å². The molecular formula is C10H8BrNO2. The maximum absolute atomic E-state index is 10.4. The predicted octanol–water partition coefficient (Wildman–Crippen LogP) is 2.34. The first-order valence-corrected chi connectivity index (χ1v) is 4.83. The number of aryl methyl sites for hydroxylation is 1. The van der Waals surface area contributed by atoms with Gasteiger partial charge in [0.05, 0.1) is 11.6 Å². The Kier molecular flexibility index (Phi) is 3.66. The van der Waals surface area contributed by atoms with Gasteiger partial charge in [0.1, 0.15) is 0 Å². The van der Waals surface area contributed by atoms with Crippen LogP contribution >= 0.6 is 15.9 Å². The highest BCUT2D eigenvalue weighted by atomic mass is 79.9. The SMILES string of the molecule is N#Cc1ccc(Br)c(CCC(=O)O)c1.